The molecule has 0 atom stereocenters. The number of nitrogens with one attached hydrogen (secondary N) is 1. The lowest BCUT2D eigenvalue weighted by atomic mass is 10.1. The molecule has 0 saturated heterocycles. The number of carbonyl (C=O) groups excluding carboxylic acids is 2. The van der Waals surface area contributed by atoms with Gasteiger partial charge in [0.15, 0.2) is 5.43 Å². The quantitative estimate of drug-likeness (QED) is 0.851. The van der Waals surface area contributed by atoms with Crippen molar-refractivity contribution >= 4 is 22.8 Å². The van der Waals surface area contributed by atoms with Gasteiger partial charge in [0.1, 0.15) is 11.4 Å². The molecule has 1 heterocycles. The van der Waals surface area contributed by atoms with Gasteiger partial charge in [0.25, 0.3) is 0 Å². The molecule has 0 radical (unpaired) electrons. The summed E-state index contributed by atoms with van der Waals surface area (Å²) in [5, 5.41) is 0.0915. The van der Waals surface area contributed by atoms with Gasteiger partial charge in [0, 0.05) is 6.07 Å². The summed E-state index contributed by atoms with van der Waals surface area (Å²) >= 11 is 0. The Bertz CT molecular complexity index is 777. The van der Waals surface area contributed by atoms with E-state index in [0.29, 0.717) is 5.75 Å². The highest BCUT2D eigenvalue weighted by Gasteiger charge is 2.19. The minimum Gasteiger partial charge on any atom is -0.495 e. The van der Waals surface area contributed by atoms with E-state index in [-0.39, 0.29) is 22.2 Å². The maximum Gasteiger partial charge on any atom is 0.354 e. The average Bonchev–Trinajstić information content (AvgIpc) is 2.51. The maximum atomic E-state index is 12.2. The highest BCUT2D eigenvalue weighted by molar-refractivity contribution is 6.06. The molecule has 0 amide bonds. The van der Waals surface area contributed by atoms with Gasteiger partial charge < -0.3 is 19.2 Å². The molecule has 2 aromatic rings. The van der Waals surface area contributed by atoms with E-state index in [0.717, 1.165) is 6.07 Å². The fourth-order valence-electron chi connectivity index (χ4n) is 2.01. The molecule has 0 unspecified atom stereocenters. The predicted molar refractivity (Wildman–Crippen MR) is 73.8 cm³/mol. The van der Waals surface area contributed by atoms with Gasteiger partial charge in [-0.05, 0) is 12.1 Å². The second kappa shape index (κ2) is 5.66. The van der Waals surface area contributed by atoms with Crippen molar-refractivity contribution in [2.75, 3.05) is 21.3 Å². The molecule has 2 rings (SSSR count). The summed E-state index contributed by atoms with van der Waals surface area (Å²) in [6.45, 7) is 0. The van der Waals surface area contributed by atoms with E-state index < -0.39 is 17.4 Å². The van der Waals surface area contributed by atoms with Gasteiger partial charge in [-0.25, -0.2) is 9.59 Å². The summed E-state index contributed by atoms with van der Waals surface area (Å²) in [5.74, 6) is -1.03. The van der Waals surface area contributed by atoms with Crippen LogP contribution in [0.3, 0.4) is 0 Å². The molecular weight excluding hydrogens is 278 g/mol. The molecule has 0 fully saturated rings. The van der Waals surface area contributed by atoms with E-state index >= 15 is 0 Å². The molecule has 7 heteroatoms. The topological polar surface area (TPSA) is 94.7 Å². The Morgan fingerprint density at radius 2 is 1.71 bits per heavy atom. The van der Waals surface area contributed by atoms with Gasteiger partial charge in [-0.15, -0.1) is 0 Å². The second-order valence-electron chi connectivity index (χ2n) is 4.10. The SMILES string of the molecule is COC(=O)c1cc(=O)c2c(C(=O)OC)ccc(OC)c2[nH]1. The van der Waals surface area contributed by atoms with Gasteiger partial charge in [-0.3, -0.25) is 4.79 Å². The summed E-state index contributed by atoms with van der Waals surface area (Å²) in [7, 11) is 3.83. The summed E-state index contributed by atoms with van der Waals surface area (Å²) < 4.78 is 14.4. The van der Waals surface area contributed by atoms with E-state index in [1.165, 1.54) is 33.5 Å². The third kappa shape index (κ3) is 2.45. The van der Waals surface area contributed by atoms with Crippen LogP contribution in [0.15, 0.2) is 23.0 Å². The molecule has 1 N–H and O–H groups in total. The van der Waals surface area contributed by atoms with Crippen LogP contribution in [0.1, 0.15) is 20.8 Å². The third-order valence-electron chi connectivity index (χ3n) is 2.98. The summed E-state index contributed by atoms with van der Waals surface area (Å²) in [6, 6.07) is 4.01. The number of hydrogen-bond donors (Lipinski definition) is 1. The molecule has 1 aromatic carbocycles. The highest BCUT2D eigenvalue weighted by Crippen LogP contribution is 2.25. The van der Waals surface area contributed by atoms with Gasteiger partial charge >= 0.3 is 11.9 Å². The number of aromatic nitrogens is 1. The zero-order valence-corrected chi connectivity index (χ0v) is 11.7. The fraction of sp³-hybridized carbons (Fsp3) is 0.214. The molecular formula is C14H13NO6. The standard InChI is InChI=1S/C14H13NO6/c1-19-10-5-4-7(13(17)20-2)11-9(16)6-8(14(18)21-3)15-12(10)11/h4-6H,1-3H3,(H,15,16). The van der Waals surface area contributed by atoms with Crippen LogP contribution in [0.25, 0.3) is 10.9 Å². The molecule has 0 aliphatic rings. The number of rotatable bonds is 3. The van der Waals surface area contributed by atoms with Crippen molar-refractivity contribution in [3.63, 3.8) is 0 Å². The largest absolute Gasteiger partial charge is 0.495 e. The highest BCUT2D eigenvalue weighted by atomic mass is 16.5. The molecule has 0 aliphatic heterocycles. The molecule has 0 aliphatic carbocycles. The number of benzene rings is 1. The number of ether oxygens (including phenoxy) is 3. The Balaban J connectivity index is 2.87. The first-order chi connectivity index (χ1) is 10.0. The fourth-order valence-corrected chi connectivity index (χ4v) is 2.01. The molecule has 0 spiro atoms. The number of esters is 2. The van der Waals surface area contributed by atoms with Crippen LogP contribution in [-0.4, -0.2) is 38.3 Å². The lowest BCUT2D eigenvalue weighted by Crippen LogP contribution is -2.15. The molecule has 21 heavy (non-hydrogen) atoms. The Morgan fingerprint density at radius 1 is 1.05 bits per heavy atom. The Labute approximate surface area is 119 Å². The van der Waals surface area contributed by atoms with E-state index in [2.05, 4.69) is 14.5 Å². The van der Waals surface area contributed by atoms with Crippen LogP contribution in [0.2, 0.25) is 0 Å². The zero-order valence-electron chi connectivity index (χ0n) is 11.7. The van der Waals surface area contributed by atoms with Gasteiger partial charge in [0.2, 0.25) is 0 Å². The van der Waals surface area contributed by atoms with Crippen molar-refractivity contribution in [3.05, 3.63) is 39.7 Å². The van der Waals surface area contributed by atoms with E-state index in [9.17, 15) is 14.4 Å². The van der Waals surface area contributed by atoms with Crippen LogP contribution >= 0.6 is 0 Å². The molecule has 0 bridgehead atoms. The van der Waals surface area contributed by atoms with E-state index in [4.69, 9.17) is 4.74 Å². The Morgan fingerprint density at radius 3 is 2.29 bits per heavy atom. The van der Waals surface area contributed by atoms with Crippen molar-refractivity contribution in [1.29, 1.82) is 0 Å². The van der Waals surface area contributed by atoms with E-state index in [1.54, 1.807) is 0 Å². The van der Waals surface area contributed by atoms with Crippen molar-refractivity contribution in [2.45, 2.75) is 0 Å². The first kappa shape index (κ1) is 14.6. The minimum absolute atomic E-state index is 0.0321. The molecule has 7 nitrogen and oxygen atoms in total. The summed E-state index contributed by atoms with van der Waals surface area (Å²) in [4.78, 5) is 38.3. The van der Waals surface area contributed by atoms with Crippen molar-refractivity contribution < 1.29 is 23.8 Å². The van der Waals surface area contributed by atoms with Gasteiger partial charge in [-0.1, -0.05) is 0 Å². The maximum absolute atomic E-state index is 12.2. The van der Waals surface area contributed by atoms with E-state index in [1.807, 2.05) is 0 Å². The van der Waals surface area contributed by atoms with Crippen molar-refractivity contribution in [2.24, 2.45) is 0 Å². The van der Waals surface area contributed by atoms with Crippen molar-refractivity contribution in [1.82, 2.24) is 4.98 Å². The monoisotopic (exact) mass is 291 g/mol. The van der Waals surface area contributed by atoms with Crippen LogP contribution < -0.4 is 10.2 Å². The van der Waals surface area contributed by atoms with Gasteiger partial charge in [0.05, 0.1) is 37.8 Å². The number of H-pyrrole nitrogens is 1. The number of methoxy groups -OCH3 is 3. The number of aromatic amines is 1. The molecule has 1 aromatic heterocycles. The second-order valence-corrected chi connectivity index (χ2v) is 4.10. The lowest BCUT2D eigenvalue weighted by molar-refractivity contribution is 0.0590. The van der Waals surface area contributed by atoms with Crippen LogP contribution in [-0.2, 0) is 9.47 Å². The molecule has 0 saturated carbocycles. The average molecular weight is 291 g/mol. The van der Waals surface area contributed by atoms with Crippen LogP contribution in [0, 0.1) is 0 Å². The van der Waals surface area contributed by atoms with Crippen LogP contribution in [0.4, 0.5) is 0 Å². The number of pyridine rings is 1. The number of hydrogen-bond acceptors (Lipinski definition) is 6. The van der Waals surface area contributed by atoms with Crippen molar-refractivity contribution in [3.8, 4) is 5.75 Å². The number of fused-ring (bicyclic) bond motifs is 1. The minimum atomic E-state index is -0.695. The Kier molecular flexibility index (Phi) is 3.93. The van der Waals surface area contributed by atoms with Crippen LogP contribution in [0.5, 0.6) is 5.75 Å². The molecule has 110 valence electrons. The first-order valence-corrected chi connectivity index (χ1v) is 5.94. The zero-order chi connectivity index (χ0) is 15.6. The number of carbonyl (C=O) groups is 2. The predicted octanol–water partition coefficient (Wildman–Crippen LogP) is 1.11. The summed E-state index contributed by atoms with van der Waals surface area (Å²) in [5.41, 5.74) is -0.224. The summed E-state index contributed by atoms with van der Waals surface area (Å²) in [6.07, 6.45) is 0. The van der Waals surface area contributed by atoms with Gasteiger partial charge in [-0.2, -0.15) is 0 Å². The third-order valence-corrected chi connectivity index (χ3v) is 2.98. The Hall–Kier alpha value is -2.83. The normalized spacial score (nSPS) is 10.2. The lowest BCUT2D eigenvalue weighted by Gasteiger charge is -2.10. The smallest absolute Gasteiger partial charge is 0.354 e. The first-order valence-electron chi connectivity index (χ1n) is 5.94.